The summed E-state index contributed by atoms with van der Waals surface area (Å²) in [4.78, 5) is 17.3. The van der Waals surface area contributed by atoms with Gasteiger partial charge in [0.05, 0.1) is 18.4 Å². The minimum absolute atomic E-state index is 0.235. The van der Waals surface area contributed by atoms with Gasteiger partial charge in [-0.15, -0.1) is 0 Å². The normalized spacial score (nSPS) is 11.7. The van der Waals surface area contributed by atoms with E-state index in [1.807, 2.05) is 37.3 Å². The van der Waals surface area contributed by atoms with E-state index in [1.165, 1.54) is 12.4 Å². The van der Waals surface area contributed by atoms with Gasteiger partial charge in [0.2, 0.25) is 0 Å². The second-order valence-corrected chi connectivity index (χ2v) is 6.89. The van der Waals surface area contributed by atoms with Crippen molar-refractivity contribution in [2.24, 2.45) is 0 Å². The number of hydrogen-bond acceptors (Lipinski definition) is 6. The van der Waals surface area contributed by atoms with E-state index in [0.717, 1.165) is 12.0 Å². The molecule has 1 heterocycles. The second kappa shape index (κ2) is 12.5. The van der Waals surface area contributed by atoms with Gasteiger partial charge in [-0.25, -0.2) is 19.2 Å². The average Bonchev–Trinajstić information content (AvgIpc) is 2.82. The highest BCUT2D eigenvalue weighted by atomic mass is 19.4. The summed E-state index contributed by atoms with van der Waals surface area (Å²) in [7, 11) is 0. The van der Waals surface area contributed by atoms with E-state index >= 15 is 0 Å². The quantitative estimate of drug-likeness (QED) is 0.395. The molecule has 182 valence electrons. The summed E-state index contributed by atoms with van der Waals surface area (Å²) >= 11 is 0. The zero-order valence-corrected chi connectivity index (χ0v) is 18.1. The first kappa shape index (κ1) is 26.5. The Kier molecular flexibility index (Phi) is 9.75. The number of carboxylic acid groups (broad SMARTS) is 1. The highest BCUT2D eigenvalue weighted by molar-refractivity contribution is 5.73. The Balaban J connectivity index is 0.000000509. The van der Waals surface area contributed by atoms with Crippen molar-refractivity contribution < 1.29 is 37.3 Å². The van der Waals surface area contributed by atoms with Gasteiger partial charge in [-0.1, -0.05) is 37.3 Å². The number of carboxylic acids is 1. The molecule has 0 radical (unpaired) electrons. The predicted octanol–water partition coefficient (Wildman–Crippen LogP) is 4.85. The average molecular weight is 481 g/mol. The summed E-state index contributed by atoms with van der Waals surface area (Å²) in [6.07, 6.45) is -3.51. The third kappa shape index (κ3) is 8.32. The molecule has 0 unspecified atom stereocenters. The Morgan fingerprint density at radius 3 is 2.38 bits per heavy atom. The molecule has 3 aromatic rings. The summed E-state index contributed by atoms with van der Waals surface area (Å²) in [5.41, 5.74) is 2.04. The summed E-state index contributed by atoms with van der Waals surface area (Å²) in [5, 5.41) is 20.4. The van der Waals surface area contributed by atoms with Crippen LogP contribution in [0.1, 0.15) is 25.0 Å². The van der Waals surface area contributed by atoms with Crippen LogP contribution in [0, 0.1) is 5.82 Å². The molecule has 0 aliphatic rings. The largest absolute Gasteiger partial charge is 0.491 e. The van der Waals surface area contributed by atoms with Crippen molar-refractivity contribution in [2.45, 2.75) is 25.6 Å². The molecular formula is C23H23F4N3O4. The maximum atomic E-state index is 14.2. The summed E-state index contributed by atoms with van der Waals surface area (Å²) in [6, 6.07) is 15.9. The number of aliphatic hydroxyl groups is 1. The van der Waals surface area contributed by atoms with Gasteiger partial charge in [0.25, 0.3) is 0 Å². The van der Waals surface area contributed by atoms with Gasteiger partial charge in [-0.05, 0) is 30.2 Å². The number of aliphatic hydroxyl groups excluding tert-OH is 1. The van der Waals surface area contributed by atoms with E-state index in [9.17, 15) is 22.7 Å². The zero-order chi connectivity index (χ0) is 25.1. The van der Waals surface area contributed by atoms with E-state index in [2.05, 4.69) is 15.3 Å². The molecule has 0 saturated heterocycles. The highest BCUT2D eigenvalue weighted by Crippen LogP contribution is 2.25. The molecule has 3 N–H and O–H groups in total. The maximum absolute atomic E-state index is 14.2. The third-order valence-electron chi connectivity index (χ3n) is 4.26. The predicted molar refractivity (Wildman–Crippen MR) is 117 cm³/mol. The fraction of sp³-hybridized carbons (Fsp3) is 0.261. The molecule has 34 heavy (non-hydrogen) atoms. The van der Waals surface area contributed by atoms with Crippen molar-refractivity contribution in [3.8, 4) is 17.0 Å². The van der Waals surface area contributed by atoms with Crippen molar-refractivity contribution in [3.05, 3.63) is 72.3 Å². The lowest BCUT2D eigenvalue weighted by Gasteiger charge is -2.13. The molecular weight excluding hydrogens is 458 g/mol. The zero-order valence-electron chi connectivity index (χ0n) is 18.1. The van der Waals surface area contributed by atoms with Crippen molar-refractivity contribution in [1.82, 2.24) is 9.97 Å². The van der Waals surface area contributed by atoms with Gasteiger partial charge < -0.3 is 20.3 Å². The number of alkyl halides is 3. The molecule has 2 aromatic carbocycles. The van der Waals surface area contributed by atoms with Crippen LogP contribution in [0.5, 0.6) is 5.75 Å². The van der Waals surface area contributed by atoms with Crippen LogP contribution in [-0.2, 0) is 4.79 Å². The van der Waals surface area contributed by atoms with Crippen LogP contribution < -0.4 is 10.1 Å². The van der Waals surface area contributed by atoms with Crippen LogP contribution in [-0.4, -0.2) is 45.5 Å². The maximum Gasteiger partial charge on any atom is 0.490 e. The monoisotopic (exact) mass is 481 g/mol. The Morgan fingerprint density at radius 1 is 1.12 bits per heavy atom. The number of aromatic nitrogens is 2. The first-order valence-electron chi connectivity index (χ1n) is 10.1. The molecule has 3 rings (SSSR count). The van der Waals surface area contributed by atoms with Gasteiger partial charge in [0, 0.05) is 18.2 Å². The Hall–Kier alpha value is -3.73. The molecule has 0 fully saturated rings. The Morgan fingerprint density at radius 2 is 1.79 bits per heavy atom. The lowest BCUT2D eigenvalue weighted by atomic mass is 10.1. The molecule has 0 bridgehead atoms. The Labute approximate surface area is 193 Å². The minimum Gasteiger partial charge on any atom is -0.491 e. The highest BCUT2D eigenvalue weighted by Gasteiger charge is 2.38. The van der Waals surface area contributed by atoms with Crippen LogP contribution in [0.15, 0.2) is 60.9 Å². The van der Waals surface area contributed by atoms with Crippen molar-refractivity contribution in [2.75, 3.05) is 18.5 Å². The smallest absolute Gasteiger partial charge is 0.490 e. The lowest BCUT2D eigenvalue weighted by molar-refractivity contribution is -0.192. The molecule has 7 nitrogen and oxygen atoms in total. The van der Waals surface area contributed by atoms with Crippen LogP contribution in [0.2, 0.25) is 0 Å². The third-order valence-corrected chi connectivity index (χ3v) is 4.26. The fourth-order valence-electron chi connectivity index (χ4n) is 2.60. The molecule has 1 atom stereocenters. The number of anilines is 1. The van der Waals surface area contributed by atoms with Gasteiger partial charge in [0.1, 0.15) is 12.1 Å². The number of aliphatic carboxylic acids is 1. The van der Waals surface area contributed by atoms with Gasteiger partial charge in [-0.2, -0.15) is 13.2 Å². The van der Waals surface area contributed by atoms with Crippen LogP contribution >= 0.6 is 0 Å². The van der Waals surface area contributed by atoms with Gasteiger partial charge in [0.15, 0.2) is 11.6 Å². The number of halogens is 4. The van der Waals surface area contributed by atoms with E-state index in [4.69, 9.17) is 14.6 Å². The van der Waals surface area contributed by atoms with Crippen molar-refractivity contribution in [1.29, 1.82) is 0 Å². The molecule has 0 saturated carbocycles. The number of rotatable bonds is 8. The van der Waals surface area contributed by atoms with E-state index < -0.39 is 24.1 Å². The van der Waals surface area contributed by atoms with Crippen LogP contribution in [0.4, 0.5) is 23.4 Å². The molecule has 0 spiro atoms. The molecule has 11 heteroatoms. The summed E-state index contributed by atoms with van der Waals surface area (Å²) < 4.78 is 51.3. The van der Waals surface area contributed by atoms with Crippen molar-refractivity contribution in [3.63, 3.8) is 0 Å². The summed E-state index contributed by atoms with van der Waals surface area (Å²) in [5.74, 6) is -2.39. The first-order chi connectivity index (χ1) is 16.1. The topological polar surface area (TPSA) is 105 Å². The number of ether oxygens (including phenoxy) is 1. The van der Waals surface area contributed by atoms with Crippen molar-refractivity contribution >= 4 is 11.8 Å². The summed E-state index contributed by atoms with van der Waals surface area (Å²) in [6.45, 7) is 2.75. The van der Waals surface area contributed by atoms with E-state index in [0.29, 0.717) is 30.2 Å². The lowest BCUT2D eigenvalue weighted by Crippen LogP contribution is -2.21. The second-order valence-electron chi connectivity index (χ2n) is 6.89. The molecule has 1 aromatic heterocycles. The molecule has 0 amide bonds. The fourth-order valence-corrected chi connectivity index (χ4v) is 2.60. The minimum atomic E-state index is -5.08. The first-order valence-corrected chi connectivity index (χ1v) is 10.1. The van der Waals surface area contributed by atoms with Crippen LogP contribution in [0.25, 0.3) is 11.3 Å². The molecule has 0 aliphatic carbocycles. The number of benzene rings is 2. The van der Waals surface area contributed by atoms with Crippen LogP contribution in [0.3, 0.4) is 0 Å². The number of nitrogens with zero attached hydrogens (tertiary/aromatic N) is 2. The number of nitrogens with one attached hydrogen (secondary N) is 1. The number of hydrogen-bond donors (Lipinski definition) is 3. The van der Waals surface area contributed by atoms with E-state index in [-0.39, 0.29) is 5.75 Å². The standard InChI is InChI=1S/C21H22FN3O2.C2HF3O2/c1-2-10-27-20-9-8-16(11-17(20)22)18-12-21(25-14-24-18)23-13-19(26)15-6-4-3-5-7-15;3-2(4,5)1(6)7/h3-9,11-12,14,19,26H,2,10,13H2,1H3,(H,23,24,25);(H,6,7)/t19-;/m0./s1. The van der Waals surface area contributed by atoms with E-state index in [1.54, 1.807) is 18.2 Å². The van der Waals surface area contributed by atoms with Gasteiger partial charge >= 0.3 is 12.1 Å². The van der Waals surface area contributed by atoms with Gasteiger partial charge in [-0.3, -0.25) is 0 Å². The Bertz CT molecular complexity index is 1070. The molecule has 0 aliphatic heterocycles. The number of carbonyl (C=O) groups is 1. The SMILES string of the molecule is CCCOc1ccc(-c2cc(NC[C@H](O)c3ccccc3)ncn2)cc1F.O=C(O)C(F)(F)F.